The molecule has 11 nitrogen and oxygen atoms in total. The molecule has 1 heterocycles. The van der Waals surface area contributed by atoms with E-state index in [1.807, 2.05) is 0 Å². The molecule has 7 N–H and O–H groups in total. The number of carboxylic acid groups (broad SMARTS) is 2. The molecule has 152 valence electrons. The molecule has 1 aliphatic rings. The Labute approximate surface area is 160 Å². The fourth-order valence-corrected chi connectivity index (χ4v) is 2.64. The molecule has 1 saturated heterocycles. The topological polar surface area (TPSA) is 184 Å². The first-order valence-corrected chi connectivity index (χ1v) is 8.45. The number of amidine groups is 1. The van der Waals surface area contributed by atoms with Crippen LogP contribution in [0.2, 0.25) is 0 Å². The monoisotopic (exact) mass is 394 g/mol. The maximum absolute atomic E-state index is 12.3. The van der Waals surface area contributed by atoms with Crippen LogP contribution in [0.25, 0.3) is 0 Å². The smallest absolute Gasteiger partial charge is 0.354 e. The van der Waals surface area contributed by atoms with Crippen molar-refractivity contribution >= 4 is 23.7 Å². The molecule has 28 heavy (non-hydrogen) atoms. The number of benzene rings is 1. The lowest BCUT2D eigenvalue weighted by molar-refractivity contribution is -0.170. The number of piperidine rings is 1. The number of ether oxygens (including phenoxy) is 2. The van der Waals surface area contributed by atoms with Gasteiger partial charge in [0.05, 0.1) is 12.2 Å². The largest absolute Gasteiger partial charge is 0.480 e. The average Bonchev–Trinajstić information content (AvgIpc) is 2.66. The van der Waals surface area contributed by atoms with Crippen LogP contribution in [-0.2, 0) is 19.1 Å². The summed E-state index contributed by atoms with van der Waals surface area (Å²) >= 11 is 0. The fourth-order valence-electron chi connectivity index (χ4n) is 2.64. The lowest BCUT2D eigenvalue weighted by Crippen LogP contribution is -2.53. The SMILES string of the molecule is N=C(N)c1ccc(C(=O)NC(OC2CNCCC2OCC(=O)O)C(=O)O)cc1. The van der Waals surface area contributed by atoms with Crippen molar-refractivity contribution in [2.75, 3.05) is 19.7 Å². The van der Waals surface area contributed by atoms with Gasteiger partial charge in [-0.15, -0.1) is 0 Å². The van der Waals surface area contributed by atoms with Crippen molar-refractivity contribution in [3.63, 3.8) is 0 Å². The highest BCUT2D eigenvalue weighted by molar-refractivity contribution is 5.99. The summed E-state index contributed by atoms with van der Waals surface area (Å²) in [4.78, 5) is 34.5. The molecule has 1 aromatic carbocycles. The molecule has 1 fully saturated rings. The van der Waals surface area contributed by atoms with Gasteiger partial charge in [-0.1, -0.05) is 12.1 Å². The number of nitrogens with one attached hydrogen (secondary N) is 3. The number of nitrogen functional groups attached to an aromatic ring is 1. The van der Waals surface area contributed by atoms with E-state index in [1.165, 1.54) is 24.3 Å². The predicted octanol–water partition coefficient (Wildman–Crippen LogP) is -1.04. The van der Waals surface area contributed by atoms with E-state index in [1.54, 1.807) is 0 Å². The van der Waals surface area contributed by atoms with Gasteiger partial charge in [-0.2, -0.15) is 0 Å². The van der Waals surface area contributed by atoms with Crippen molar-refractivity contribution in [3.05, 3.63) is 35.4 Å². The van der Waals surface area contributed by atoms with Gasteiger partial charge >= 0.3 is 11.9 Å². The van der Waals surface area contributed by atoms with Gasteiger partial charge in [0.25, 0.3) is 5.91 Å². The summed E-state index contributed by atoms with van der Waals surface area (Å²) in [6.45, 7) is 0.283. The molecule has 1 aromatic rings. The highest BCUT2D eigenvalue weighted by atomic mass is 16.6. The first kappa shape index (κ1) is 21.3. The van der Waals surface area contributed by atoms with Crippen LogP contribution in [0.15, 0.2) is 24.3 Å². The number of carboxylic acids is 2. The Morgan fingerprint density at radius 3 is 2.43 bits per heavy atom. The lowest BCUT2D eigenvalue weighted by atomic mass is 10.1. The second-order valence-electron chi connectivity index (χ2n) is 6.09. The van der Waals surface area contributed by atoms with Crippen LogP contribution in [-0.4, -0.2) is 72.0 Å². The van der Waals surface area contributed by atoms with E-state index in [9.17, 15) is 19.5 Å². The Morgan fingerprint density at radius 2 is 1.86 bits per heavy atom. The number of hydrogen-bond acceptors (Lipinski definition) is 7. The highest BCUT2D eigenvalue weighted by Crippen LogP contribution is 2.14. The van der Waals surface area contributed by atoms with Crippen molar-refractivity contribution in [1.29, 1.82) is 5.41 Å². The van der Waals surface area contributed by atoms with Crippen LogP contribution < -0.4 is 16.4 Å². The summed E-state index contributed by atoms with van der Waals surface area (Å²) in [6.07, 6.45) is -2.59. The van der Waals surface area contributed by atoms with Crippen molar-refractivity contribution < 1.29 is 34.1 Å². The molecule has 0 bridgehead atoms. The quantitative estimate of drug-likeness (QED) is 0.173. The Bertz CT molecular complexity index is 738. The molecule has 0 aromatic heterocycles. The number of rotatable bonds is 9. The van der Waals surface area contributed by atoms with Crippen LogP contribution in [0.1, 0.15) is 22.3 Å². The Morgan fingerprint density at radius 1 is 1.21 bits per heavy atom. The average molecular weight is 394 g/mol. The maximum atomic E-state index is 12.3. The number of hydrogen-bond donors (Lipinski definition) is 6. The minimum atomic E-state index is -1.65. The van der Waals surface area contributed by atoms with Gasteiger partial charge in [-0.05, 0) is 25.1 Å². The number of carbonyl (C=O) groups is 3. The van der Waals surface area contributed by atoms with E-state index in [0.29, 0.717) is 18.5 Å². The molecule has 11 heteroatoms. The molecule has 0 aliphatic carbocycles. The molecule has 1 aliphatic heterocycles. The van der Waals surface area contributed by atoms with Gasteiger partial charge in [0.1, 0.15) is 12.4 Å². The Kier molecular flexibility index (Phi) is 7.44. The van der Waals surface area contributed by atoms with Gasteiger partial charge in [0, 0.05) is 17.7 Å². The number of amides is 1. The fraction of sp³-hybridized carbons (Fsp3) is 0.412. The van der Waals surface area contributed by atoms with Gasteiger partial charge in [-0.3, -0.25) is 10.2 Å². The van der Waals surface area contributed by atoms with Gasteiger partial charge < -0.3 is 36.1 Å². The van der Waals surface area contributed by atoms with Crippen LogP contribution >= 0.6 is 0 Å². The predicted molar refractivity (Wildman–Crippen MR) is 96.1 cm³/mol. The number of aliphatic carboxylic acids is 2. The molecule has 2 rings (SSSR count). The van der Waals surface area contributed by atoms with Crippen LogP contribution in [0.5, 0.6) is 0 Å². The maximum Gasteiger partial charge on any atom is 0.354 e. The Hall–Kier alpha value is -3.02. The summed E-state index contributed by atoms with van der Waals surface area (Å²) in [6, 6.07) is 5.75. The second-order valence-corrected chi connectivity index (χ2v) is 6.09. The summed E-state index contributed by atoms with van der Waals surface area (Å²) in [5, 5.41) is 30.7. The Balaban J connectivity index is 2.03. The second kappa shape index (κ2) is 9.78. The molecule has 0 saturated carbocycles. The summed E-state index contributed by atoms with van der Waals surface area (Å²) in [5.41, 5.74) is 5.94. The summed E-state index contributed by atoms with van der Waals surface area (Å²) in [7, 11) is 0. The molecular weight excluding hydrogens is 372 g/mol. The van der Waals surface area contributed by atoms with Gasteiger partial charge in [-0.25, -0.2) is 9.59 Å². The number of nitrogens with two attached hydrogens (primary N) is 1. The minimum absolute atomic E-state index is 0.157. The molecule has 3 unspecified atom stereocenters. The lowest BCUT2D eigenvalue weighted by Gasteiger charge is -2.33. The molecule has 0 radical (unpaired) electrons. The number of carbonyl (C=O) groups excluding carboxylic acids is 1. The van der Waals surface area contributed by atoms with E-state index in [0.717, 1.165) is 0 Å². The summed E-state index contributed by atoms with van der Waals surface area (Å²) in [5.74, 6) is -3.39. The molecule has 3 atom stereocenters. The van der Waals surface area contributed by atoms with Gasteiger partial charge in [0.15, 0.2) is 0 Å². The third-order valence-corrected chi connectivity index (χ3v) is 4.04. The zero-order valence-corrected chi connectivity index (χ0v) is 14.9. The first-order valence-electron chi connectivity index (χ1n) is 8.45. The molecule has 1 amide bonds. The van der Waals surface area contributed by atoms with Crippen molar-refractivity contribution in [1.82, 2.24) is 10.6 Å². The third kappa shape index (κ3) is 6.01. The first-order chi connectivity index (χ1) is 13.3. The van der Waals surface area contributed by atoms with Crippen LogP contribution in [0, 0.1) is 5.41 Å². The van der Waals surface area contributed by atoms with E-state index in [-0.39, 0.29) is 17.9 Å². The third-order valence-electron chi connectivity index (χ3n) is 4.04. The standard InChI is InChI=1S/C17H22N4O7/c18-14(19)9-1-3-10(4-2-9)15(24)21-16(17(25)26)28-12-7-20-6-5-11(12)27-8-13(22)23/h1-4,11-12,16,20H,5-8H2,(H3,18,19)(H,21,24)(H,22,23)(H,25,26). The van der Waals surface area contributed by atoms with Crippen LogP contribution in [0.4, 0.5) is 0 Å². The van der Waals surface area contributed by atoms with Crippen LogP contribution in [0.3, 0.4) is 0 Å². The minimum Gasteiger partial charge on any atom is -0.480 e. The van der Waals surface area contributed by atoms with Crippen molar-refractivity contribution in [2.24, 2.45) is 5.73 Å². The van der Waals surface area contributed by atoms with Crippen molar-refractivity contribution in [3.8, 4) is 0 Å². The van der Waals surface area contributed by atoms with Gasteiger partial charge in [0.2, 0.25) is 6.23 Å². The zero-order chi connectivity index (χ0) is 20.7. The van der Waals surface area contributed by atoms with E-state index >= 15 is 0 Å². The van der Waals surface area contributed by atoms with E-state index < -0.39 is 42.9 Å². The van der Waals surface area contributed by atoms with E-state index in [4.69, 9.17) is 25.7 Å². The molecular formula is C17H22N4O7. The normalized spacial score (nSPS) is 20.1. The zero-order valence-electron chi connectivity index (χ0n) is 14.9. The van der Waals surface area contributed by atoms with Crippen molar-refractivity contribution in [2.45, 2.75) is 24.9 Å². The molecule has 0 spiro atoms. The summed E-state index contributed by atoms with van der Waals surface area (Å²) < 4.78 is 10.7. The van der Waals surface area contributed by atoms with E-state index in [2.05, 4.69) is 10.6 Å². The highest BCUT2D eigenvalue weighted by Gasteiger charge is 2.33.